The Labute approximate surface area is 132 Å². The molecule has 124 valence electrons. The van der Waals surface area contributed by atoms with Crippen LogP contribution < -0.4 is 4.72 Å². The number of anilines is 1. The van der Waals surface area contributed by atoms with E-state index in [2.05, 4.69) is 14.8 Å². The highest BCUT2D eigenvalue weighted by Crippen LogP contribution is 2.32. The van der Waals surface area contributed by atoms with Crippen LogP contribution in [0.15, 0.2) is 23.2 Å². The van der Waals surface area contributed by atoms with Crippen LogP contribution in [0.25, 0.3) is 0 Å². The summed E-state index contributed by atoms with van der Waals surface area (Å²) in [6, 6.07) is 1.90. The van der Waals surface area contributed by atoms with E-state index in [4.69, 9.17) is 0 Å². The van der Waals surface area contributed by atoms with Gasteiger partial charge in [-0.2, -0.15) is 18.9 Å². The van der Waals surface area contributed by atoms with Gasteiger partial charge in [0.15, 0.2) is 0 Å². The fraction of sp³-hybridized carbons (Fsp3) is 0.429. The van der Waals surface area contributed by atoms with Crippen molar-refractivity contribution in [3.05, 3.63) is 35.9 Å². The number of nitrogens with zero attached hydrogens (tertiary/aromatic N) is 3. The molecule has 0 radical (unpaired) electrons. The molecule has 0 aromatic carbocycles. The Bertz CT molecular complexity index is 829. The second-order valence-electron chi connectivity index (χ2n) is 5.55. The first-order chi connectivity index (χ1) is 10.9. The summed E-state index contributed by atoms with van der Waals surface area (Å²) in [4.78, 5) is 2.20. The van der Waals surface area contributed by atoms with Gasteiger partial charge in [-0.3, -0.25) is 9.40 Å². The van der Waals surface area contributed by atoms with Gasteiger partial charge in [0.25, 0.3) is 10.0 Å². The maximum atomic E-state index is 13.6. The second kappa shape index (κ2) is 5.88. The standard InChI is InChI=1S/C14H16F2N4O2S/c1-9-11(8-17-20(9)10-4-2-3-5-10)19-23(21,22)12-6-7-13(15)18-14(12)16/h6-8,10,19H,2-5H2,1H3. The van der Waals surface area contributed by atoms with Crippen LogP contribution in [0.5, 0.6) is 0 Å². The highest BCUT2D eigenvalue weighted by molar-refractivity contribution is 7.92. The molecule has 1 saturated carbocycles. The third-order valence-corrected chi connectivity index (χ3v) is 5.40. The van der Waals surface area contributed by atoms with Crippen molar-refractivity contribution < 1.29 is 17.2 Å². The van der Waals surface area contributed by atoms with Crippen LogP contribution in [0.3, 0.4) is 0 Å². The van der Waals surface area contributed by atoms with Gasteiger partial charge < -0.3 is 0 Å². The Kier molecular flexibility index (Phi) is 4.05. The summed E-state index contributed by atoms with van der Waals surface area (Å²) < 4.78 is 55.1. The number of rotatable bonds is 4. The molecule has 2 aromatic rings. The van der Waals surface area contributed by atoms with E-state index in [1.54, 1.807) is 11.6 Å². The topological polar surface area (TPSA) is 76.9 Å². The van der Waals surface area contributed by atoms with E-state index < -0.39 is 26.8 Å². The second-order valence-corrected chi connectivity index (χ2v) is 7.21. The van der Waals surface area contributed by atoms with E-state index in [1.165, 1.54) is 6.20 Å². The van der Waals surface area contributed by atoms with Gasteiger partial charge in [-0.15, -0.1) is 0 Å². The molecular formula is C14H16F2N4O2S. The summed E-state index contributed by atoms with van der Waals surface area (Å²) in [5.41, 5.74) is 0.941. The van der Waals surface area contributed by atoms with Crippen molar-refractivity contribution in [1.29, 1.82) is 0 Å². The van der Waals surface area contributed by atoms with Gasteiger partial charge in [0.1, 0.15) is 4.90 Å². The van der Waals surface area contributed by atoms with E-state index in [-0.39, 0.29) is 11.7 Å². The molecular weight excluding hydrogens is 326 g/mol. The zero-order valence-electron chi connectivity index (χ0n) is 12.5. The van der Waals surface area contributed by atoms with Crippen molar-refractivity contribution in [3.63, 3.8) is 0 Å². The summed E-state index contributed by atoms with van der Waals surface area (Å²) in [5.74, 6) is -2.45. The highest BCUT2D eigenvalue weighted by Gasteiger charge is 2.25. The van der Waals surface area contributed by atoms with Gasteiger partial charge >= 0.3 is 0 Å². The minimum absolute atomic E-state index is 0.262. The van der Waals surface area contributed by atoms with Crippen LogP contribution in [-0.4, -0.2) is 23.2 Å². The van der Waals surface area contributed by atoms with Crippen LogP contribution in [0.4, 0.5) is 14.5 Å². The number of hydrogen-bond acceptors (Lipinski definition) is 4. The molecule has 0 bridgehead atoms. The molecule has 0 aliphatic heterocycles. The third-order valence-electron chi connectivity index (χ3n) is 4.03. The molecule has 6 nitrogen and oxygen atoms in total. The molecule has 2 heterocycles. The average molecular weight is 342 g/mol. The molecule has 1 aliphatic carbocycles. The molecule has 3 rings (SSSR count). The van der Waals surface area contributed by atoms with Crippen LogP contribution >= 0.6 is 0 Å². The molecule has 1 aliphatic rings. The number of aromatic nitrogens is 3. The van der Waals surface area contributed by atoms with Gasteiger partial charge in [-0.05, 0) is 31.9 Å². The fourth-order valence-electron chi connectivity index (χ4n) is 2.84. The fourth-order valence-corrected chi connectivity index (χ4v) is 3.95. The SMILES string of the molecule is Cc1c(NS(=O)(=O)c2ccc(F)nc2F)cnn1C1CCCC1. The van der Waals surface area contributed by atoms with Gasteiger partial charge in [-0.1, -0.05) is 12.8 Å². The molecule has 9 heteroatoms. The van der Waals surface area contributed by atoms with Crippen molar-refractivity contribution in [3.8, 4) is 0 Å². The van der Waals surface area contributed by atoms with E-state index in [0.717, 1.165) is 37.8 Å². The van der Waals surface area contributed by atoms with Crippen molar-refractivity contribution in [2.75, 3.05) is 4.72 Å². The normalized spacial score (nSPS) is 16.0. The minimum Gasteiger partial charge on any atom is -0.276 e. The smallest absolute Gasteiger partial charge is 0.266 e. The van der Waals surface area contributed by atoms with Crippen LogP contribution in [-0.2, 0) is 10.0 Å². The van der Waals surface area contributed by atoms with Crippen molar-refractivity contribution in [1.82, 2.24) is 14.8 Å². The largest absolute Gasteiger partial charge is 0.276 e. The summed E-state index contributed by atoms with van der Waals surface area (Å²) >= 11 is 0. The van der Waals surface area contributed by atoms with Crippen LogP contribution in [0.1, 0.15) is 37.4 Å². The van der Waals surface area contributed by atoms with Crippen LogP contribution in [0, 0.1) is 18.8 Å². The average Bonchev–Trinajstić information content (AvgIpc) is 3.09. The van der Waals surface area contributed by atoms with Crippen molar-refractivity contribution >= 4 is 15.7 Å². The quantitative estimate of drug-likeness (QED) is 0.867. The monoisotopic (exact) mass is 342 g/mol. The predicted molar refractivity (Wildman–Crippen MR) is 79.4 cm³/mol. The zero-order valence-corrected chi connectivity index (χ0v) is 13.3. The van der Waals surface area contributed by atoms with E-state index in [9.17, 15) is 17.2 Å². The molecule has 0 unspecified atom stereocenters. The molecule has 0 atom stereocenters. The maximum absolute atomic E-state index is 13.6. The lowest BCUT2D eigenvalue weighted by Crippen LogP contribution is -2.16. The van der Waals surface area contributed by atoms with Gasteiger partial charge in [0.05, 0.1) is 23.6 Å². The highest BCUT2D eigenvalue weighted by atomic mass is 32.2. The van der Waals surface area contributed by atoms with Gasteiger partial charge in [0, 0.05) is 0 Å². The minimum atomic E-state index is -4.20. The lowest BCUT2D eigenvalue weighted by atomic mass is 10.2. The lowest BCUT2D eigenvalue weighted by molar-refractivity contribution is 0.457. The first-order valence-electron chi connectivity index (χ1n) is 7.27. The molecule has 23 heavy (non-hydrogen) atoms. The third kappa shape index (κ3) is 3.05. The number of halogens is 2. The van der Waals surface area contributed by atoms with Crippen LogP contribution in [0.2, 0.25) is 0 Å². The summed E-state index contributed by atoms with van der Waals surface area (Å²) in [7, 11) is -4.20. The summed E-state index contributed by atoms with van der Waals surface area (Å²) in [5, 5.41) is 4.23. The number of sulfonamides is 1. The van der Waals surface area contributed by atoms with E-state index >= 15 is 0 Å². The zero-order chi connectivity index (χ0) is 16.6. The molecule has 2 aromatic heterocycles. The van der Waals surface area contributed by atoms with Crippen molar-refractivity contribution in [2.45, 2.75) is 43.5 Å². The number of nitrogens with one attached hydrogen (secondary N) is 1. The Morgan fingerprint density at radius 3 is 2.61 bits per heavy atom. The Hall–Kier alpha value is -2.03. The first-order valence-corrected chi connectivity index (χ1v) is 8.76. The van der Waals surface area contributed by atoms with Gasteiger partial charge in [0.2, 0.25) is 11.9 Å². The lowest BCUT2D eigenvalue weighted by Gasteiger charge is -2.13. The molecule has 0 spiro atoms. The predicted octanol–water partition coefficient (Wildman–Crippen LogP) is 2.78. The number of hydrogen-bond donors (Lipinski definition) is 1. The van der Waals surface area contributed by atoms with E-state index in [1.807, 2.05) is 0 Å². The number of pyridine rings is 1. The van der Waals surface area contributed by atoms with Gasteiger partial charge in [-0.25, -0.2) is 8.42 Å². The summed E-state index contributed by atoms with van der Waals surface area (Å²) in [6.07, 6.45) is 5.66. The molecule has 1 N–H and O–H groups in total. The first kappa shape index (κ1) is 15.9. The van der Waals surface area contributed by atoms with Crippen molar-refractivity contribution in [2.24, 2.45) is 0 Å². The van der Waals surface area contributed by atoms with E-state index in [0.29, 0.717) is 5.69 Å². The molecule has 0 saturated heterocycles. The maximum Gasteiger partial charge on any atom is 0.266 e. The Morgan fingerprint density at radius 2 is 1.96 bits per heavy atom. The molecule has 0 amide bonds. The molecule has 1 fully saturated rings. The Morgan fingerprint density at radius 1 is 1.26 bits per heavy atom. The summed E-state index contributed by atoms with van der Waals surface area (Å²) in [6.45, 7) is 1.75. The Balaban J connectivity index is 1.89.